The second kappa shape index (κ2) is 6.41. The highest BCUT2D eigenvalue weighted by Crippen LogP contribution is 2.30. The van der Waals surface area contributed by atoms with Crippen molar-refractivity contribution in [2.75, 3.05) is 13.1 Å². The second-order valence-electron chi connectivity index (χ2n) is 7.66. The molecular formula is C19H27N5O. The number of carbonyl (C=O) groups excluding carboxylic acids is 1. The molecule has 2 aromatic rings. The van der Waals surface area contributed by atoms with Crippen LogP contribution in [0.15, 0.2) is 18.3 Å². The van der Waals surface area contributed by atoms with Crippen LogP contribution < -0.4 is 0 Å². The van der Waals surface area contributed by atoms with Crippen molar-refractivity contribution in [2.45, 2.75) is 64.6 Å². The van der Waals surface area contributed by atoms with E-state index in [1.807, 2.05) is 34.6 Å². The normalized spacial score (nSPS) is 28.0. The third-order valence-electron chi connectivity index (χ3n) is 5.95. The van der Waals surface area contributed by atoms with Gasteiger partial charge >= 0.3 is 0 Å². The Kier molecular flexibility index (Phi) is 4.23. The Labute approximate surface area is 148 Å². The average Bonchev–Trinajstić information content (AvgIpc) is 3.16. The Bertz CT molecular complexity index is 775. The molecule has 2 fully saturated rings. The molecule has 25 heavy (non-hydrogen) atoms. The van der Waals surface area contributed by atoms with E-state index in [0.29, 0.717) is 18.1 Å². The Morgan fingerprint density at radius 1 is 1.12 bits per heavy atom. The molecule has 0 aromatic carbocycles. The van der Waals surface area contributed by atoms with Crippen LogP contribution in [0.25, 0.3) is 5.65 Å². The summed E-state index contributed by atoms with van der Waals surface area (Å²) in [5.41, 5.74) is 1.50. The Balaban J connectivity index is 1.53. The molecule has 1 amide bonds. The minimum absolute atomic E-state index is 0.124. The Morgan fingerprint density at radius 3 is 2.64 bits per heavy atom. The fourth-order valence-corrected chi connectivity index (χ4v) is 4.63. The van der Waals surface area contributed by atoms with E-state index in [0.717, 1.165) is 36.5 Å². The van der Waals surface area contributed by atoms with Gasteiger partial charge in [0.05, 0.1) is 5.56 Å². The maximum atomic E-state index is 13.1. The predicted octanol–water partition coefficient (Wildman–Crippen LogP) is 2.52. The number of hydrogen-bond donors (Lipinski definition) is 0. The van der Waals surface area contributed by atoms with E-state index in [2.05, 4.69) is 28.9 Å². The largest absolute Gasteiger partial charge is 0.337 e. The molecule has 0 N–H and O–H groups in total. The van der Waals surface area contributed by atoms with Crippen LogP contribution in [-0.4, -0.2) is 61.5 Å². The predicted molar refractivity (Wildman–Crippen MR) is 96.6 cm³/mol. The van der Waals surface area contributed by atoms with E-state index >= 15 is 0 Å². The molecule has 2 aliphatic heterocycles. The second-order valence-corrected chi connectivity index (χ2v) is 7.66. The first-order chi connectivity index (χ1) is 12.0. The number of amides is 1. The maximum Gasteiger partial charge on any atom is 0.255 e. The van der Waals surface area contributed by atoms with Crippen LogP contribution >= 0.6 is 0 Å². The smallest absolute Gasteiger partial charge is 0.255 e. The molecule has 0 spiro atoms. The van der Waals surface area contributed by atoms with E-state index < -0.39 is 0 Å². The van der Waals surface area contributed by atoms with Gasteiger partial charge in [0.25, 0.3) is 5.91 Å². The van der Waals surface area contributed by atoms with E-state index in [1.165, 1.54) is 19.3 Å². The van der Waals surface area contributed by atoms with Gasteiger partial charge < -0.3 is 4.90 Å². The SMILES string of the molecule is Cc1nnc2ccc(C(=O)N3CCC[C@H](N4[C@H](C)CC[C@@H]4C)C3)cn12. The molecule has 2 aliphatic rings. The van der Waals surface area contributed by atoms with Crippen LogP contribution in [0.3, 0.4) is 0 Å². The molecule has 4 rings (SSSR count). The van der Waals surface area contributed by atoms with E-state index in [4.69, 9.17) is 0 Å². The van der Waals surface area contributed by atoms with Gasteiger partial charge in [0.1, 0.15) is 5.82 Å². The fourth-order valence-electron chi connectivity index (χ4n) is 4.63. The number of hydrogen-bond acceptors (Lipinski definition) is 4. The van der Waals surface area contributed by atoms with Crippen molar-refractivity contribution in [3.63, 3.8) is 0 Å². The number of rotatable bonds is 2. The summed E-state index contributed by atoms with van der Waals surface area (Å²) in [5, 5.41) is 8.16. The zero-order chi connectivity index (χ0) is 17.6. The lowest BCUT2D eigenvalue weighted by atomic mass is 10.0. The minimum Gasteiger partial charge on any atom is -0.337 e. The lowest BCUT2D eigenvalue weighted by molar-refractivity contribution is 0.0486. The number of aromatic nitrogens is 3. The van der Waals surface area contributed by atoms with Crippen molar-refractivity contribution in [2.24, 2.45) is 0 Å². The topological polar surface area (TPSA) is 53.7 Å². The van der Waals surface area contributed by atoms with Crippen molar-refractivity contribution in [1.29, 1.82) is 0 Å². The van der Waals surface area contributed by atoms with Gasteiger partial charge in [-0.25, -0.2) is 0 Å². The minimum atomic E-state index is 0.124. The first kappa shape index (κ1) is 16.5. The molecule has 0 saturated carbocycles. The van der Waals surface area contributed by atoms with Crippen LogP contribution in [0.5, 0.6) is 0 Å². The molecule has 0 unspecified atom stereocenters. The summed E-state index contributed by atoms with van der Waals surface area (Å²) in [6.07, 6.45) is 6.70. The summed E-state index contributed by atoms with van der Waals surface area (Å²) < 4.78 is 1.89. The highest BCUT2D eigenvalue weighted by atomic mass is 16.2. The summed E-state index contributed by atoms with van der Waals surface area (Å²) in [6, 6.07) is 5.50. The average molecular weight is 341 g/mol. The number of fused-ring (bicyclic) bond motifs is 1. The molecule has 0 bridgehead atoms. The number of likely N-dealkylation sites (tertiary alicyclic amines) is 2. The van der Waals surface area contributed by atoms with Gasteiger partial charge in [0.2, 0.25) is 0 Å². The molecule has 6 heteroatoms. The van der Waals surface area contributed by atoms with Crippen LogP contribution in [0, 0.1) is 6.92 Å². The standard InChI is InChI=1S/C19H27N5O/c1-13-6-7-14(2)24(13)17-5-4-10-22(12-17)19(25)16-8-9-18-21-20-15(3)23(18)11-16/h8-9,11,13-14,17H,4-7,10,12H2,1-3H3/t13-,14+,17-/m0/s1. The first-order valence-electron chi connectivity index (χ1n) is 9.42. The summed E-state index contributed by atoms with van der Waals surface area (Å²) in [6.45, 7) is 8.25. The van der Waals surface area contributed by atoms with E-state index in [1.54, 1.807) is 0 Å². The van der Waals surface area contributed by atoms with Gasteiger partial charge in [0.15, 0.2) is 5.65 Å². The third-order valence-corrected chi connectivity index (χ3v) is 5.95. The highest BCUT2D eigenvalue weighted by molar-refractivity contribution is 5.94. The quantitative estimate of drug-likeness (QED) is 0.842. The summed E-state index contributed by atoms with van der Waals surface area (Å²) in [5.74, 6) is 0.931. The van der Waals surface area contributed by atoms with Crippen molar-refractivity contribution in [3.8, 4) is 0 Å². The van der Waals surface area contributed by atoms with Crippen LogP contribution in [-0.2, 0) is 0 Å². The molecule has 0 radical (unpaired) electrons. The van der Waals surface area contributed by atoms with Gasteiger partial charge in [-0.1, -0.05) is 0 Å². The Morgan fingerprint density at radius 2 is 1.88 bits per heavy atom. The fraction of sp³-hybridized carbons (Fsp3) is 0.632. The molecular weight excluding hydrogens is 314 g/mol. The number of nitrogens with zero attached hydrogens (tertiary/aromatic N) is 5. The monoisotopic (exact) mass is 341 g/mol. The van der Waals surface area contributed by atoms with Crippen LogP contribution in [0.2, 0.25) is 0 Å². The summed E-state index contributed by atoms with van der Waals surface area (Å²) >= 11 is 0. The Hall–Kier alpha value is -1.95. The number of carbonyl (C=O) groups is 1. The van der Waals surface area contributed by atoms with E-state index in [-0.39, 0.29) is 5.91 Å². The zero-order valence-corrected chi connectivity index (χ0v) is 15.4. The van der Waals surface area contributed by atoms with Crippen LogP contribution in [0.1, 0.15) is 55.7 Å². The molecule has 3 atom stereocenters. The van der Waals surface area contributed by atoms with Crippen molar-refractivity contribution < 1.29 is 4.79 Å². The van der Waals surface area contributed by atoms with Crippen molar-refractivity contribution >= 4 is 11.6 Å². The van der Waals surface area contributed by atoms with Gasteiger partial charge in [0, 0.05) is 37.4 Å². The maximum absolute atomic E-state index is 13.1. The van der Waals surface area contributed by atoms with Gasteiger partial charge in [-0.05, 0) is 58.6 Å². The molecule has 134 valence electrons. The number of pyridine rings is 1. The molecule has 2 aromatic heterocycles. The molecule has 2 saturated heterocycles. The molecule has 4 heterocycles. The van der Waals surface area contributed by atoms with Crippen molar-refractivity contribution in [3.05, 3.63) is 29.7 Å². The van der Waals surface area contributed by atoms with E-state index in [9.17, 15) is 4.79 Å². The molecule has 6 nitrogen and oxygen atoms in total. The van der Waals surface area contributed by atoms with Crippen molar-refractivity contribution in [1.82, 2.24) is 24.4 Å². The van der Waals surface area contributed by atoms with Crippen LogP contribution in [0.4, 0.5) is 0 Å². The first-order valence-corrected chi connectivity index (χ1v) is 9.42. The third kappa shape index (κ3) is 2.92. The summed E-state index contributed by atoms with van der Waals surface area (Å²) in [4.78, 5) is 17.7. The highest BCUT2D eigenvalue weighted by Gasteiger charge is 2.36. The number of piperidine rings is 1. The lowest BCUT2D eigenvalue weighted by Crippen LogP contribution is -2.52. The molecule has 0 aliphatic carbocycles. The zero-order valence-electron chi connectivity index (χ0n) is 15.4. The van der Waals surface area contributed by atoms with Gasteiger partial charge in [-0.3, -0.25) is 14.1 Å². The lowest BCUT2D eigenvalue weighted by Gasteiger charge is -2.41. The van der Waals surface area contributed by atoms with Gasteiger partial charge in [-0.15, -0.1) is 10.2 Å². The number of aryl methyl sites for hydroxylation is 1. The van der Waals surface area contributed by atoms with Gasteiger partial charge in [-0.2, -0.15) is 0 Å². The summed E-state index contributed by atoms with van der Waals surface area (Å²) in [7, 11) is 0.